The summed E-state index contributed by atoms with van der Waals surface area (Å²) >= 11 is 5.46. The summed E-state index contributed by atoms with van der Waals surface area (Å²) in [5, 5.41) is 5.73. The molecule has 0 aromatic heterocycles. The quantitative estimate of drug-likeness (QED) is 0.281. The highest BCUT2D eigenvalue weighted by Gasteiger charge is 2.27. The van der Waals surface area contributed by atoms with Gasteiger partial charge in [-0.1, -0.05) is 12.2 Å². The van der Waals surface area contributed by atoms with Crippen molar-refractivity contribution in [2.75, 3.05) is 20.3 Å². The zero-order valence-corrected chi connectivity index (χ0v) is 19.0. The van der Waals surface area contributed by atoms with Crippen LogP contribution < -0.4 is 16.4 Å². The predicted octanol–water partition coefficient (Wildman–Crippen LogP) is 2.28. The zero-order valence-electron chi connectivity index (χ0n) is 18.2. The number of hydrogen-bond donors (Lipinski definition) is 3. The van der Waals surface area contributed by atoms with Gasteiger partial charge in [0.15, 0.2) is 0 Å². The Morgan fingerprint density at radius 2 is 1.61 bits per heavy atom. The molecule has 9 heteroatoms. The van der Waals surface area contributed by atoms with Crippen molar-refractivity contribution in [2.45, 2.75) is 84.1 Å². The van der Waals surface area contributed by atoms with Crippen molar-refractivity contribution in [1.82, 2.24) is 10.6 Å². The van der Waals surface area contributed by atoms with Crippen molar-refractivity contribution in [3.8, 4) is 0 Å². The molecule has 0 aliphatic rings. The number of amides is 1. The summed E-state index contributed by atoms with van der Waals surface area (Å²) in [6.07, 6.45) is 1.55. The van der Waals surface area contributed by atoms with Crippen LogP contribution in [0.25, 0.3) is 0 Å². The lowest BCUT2D eigenvalue weighted by Gasteiger charge is -2.28. The number of carbonyl (C=O) groups is 2. The van der Waals surface area contributed by atoms with Gasteiger partial charge in [0.25, 0.3) is 0 Å². The molecule has 0 saturated carbocycles. The Hall–Kier alpha value is -1.45. The minimum Gasteiger partial charge on any atom is -0.467 e. The third kappa shape index (κ3) is 12.9. The Balaban J connectivity index is 5.13. The average molecular weight is 420 g/mol. The lowest BCUT2D eigenvalue weighted by Crippen LogP contribution is -2.53. The molecule has 8 nitrogen and oxygen atoms in total. The van der Waals surface area contributed by atoms with Crippen molar-refractivity contribution in [3.63, 3.8) is 0 Å². The molecule has 1 amide bonds. The van der Waals surface area contributed by atoms with Crippen LogP contribution in [-0.4, -0.2) is 60.6 Å². The molecule has 0 spiro atoms. The monoisotopic (exact) mass is 419 g/mol. The van der Waals surface area contributed by atoms with Gasteiger partial charge in [-0.2, -0.15) is 0 Å². The van der Waals surface area contributed by atoms with E-state index in [1.807, 2.05) is 20.8 Å². The predicted molar refractivity (Wildman–Crippen MR) is 113 cm³/mol. The topological polar surface area (TPSA) is 112 Å². The van der Waals surface area contributed by atoms with Crippen LogP contribution in [0, 0.1) is 0 Å². The van der Waals surface area contributed by atoms with Crippen LogP contribution in [0.2, 0.25) is 0 Å². The second-order valence-electron chi connectivity index (χ2n) is 8.49. The van der Waals surface area contributed by atoms with Gasteiger partial charge in [-0.15, -0.1) is 0 Å². The van der Waals surface area contributed by atoms with Crippen molar-refractivity contribution in [2.24, 2.45) is 5.73 Å². The van der Waals surface area contributed by atoms with Crippen molar-refractivity contribution < 1.29 is 23.8 Å². The van der Waals surface area contributed by atoms with E-state index < -0.39 is 35.3 Å². The Labute approximate surface area is 174 Å². The first kappa shape index (κ1) is 26.6. The third-order valence-corrected chi connectivity index (χ3v) is 3.84. The van der Waals surface area contributed by atoms with E-state index in [1.54, 1.807) is 20.8 Å². The van der Waals surface area contributed by atoms with Gasteiger partial charge < -0.3 is 30.6 Å². The average Bonchev–Trinajstić information content (AvgIpc) is 2.54. The first-order valence-corrected chi connectivity index (χ1v) is 9.91. The molecule has 0 saturated heterocycles. The van der Waals surface area contributed by atoms with Gasteiger partial charge in [-0.25, -0.2) is 9.59 Å². The smallest absolute Gasteiger partial charge is 0.408 e. The van der Waals surface area contributed by atoms with Crippen LogP contribution in [0.3, 0.4) is 0 Å². The van der Waals surface area contributed by atoms with Gasteiger partial charge in [0.05, 0.1) is 30.3 Å². The number of thiocarbonyl (C=S) groups is 1. The first-order chi connectivity index (χ1) is 12.8. The lowest BCUT2D eigenvalue weighted by atomic mass is 10.1. The van der Waals surface area contributed by atoms with E-state index in [2.05, 4.69) is 10.6 Å². The van der Waals surface area contributed by atoms with E-state index in [9.17, 15) is 9.59 Å². The van der Waals surface area contributed by atoms with Gasteiger partial charge in [-0.3, -0.25) is 0 Å². The van der Waals surface area contributed by atoms with Gasteiger partial charge in [0.2, 0.25) is 0 Å². The van der Waals surface area contributed by atoms with E-state index in [0.717, 1.165) is 12.8 Å². The van der Waals surface area contributed by atoms with Crippen LogP contribution in [0.4, 0.5) is 4.79 Å². The van der Waals surface area contributed by atoms with Gasteiger partial charge >= 0.3 is 12.1 Å². The minimum absolute atomic E-state index is 0.0816. The molecule has 0 rings (SSSR count). The Kier molecular flexibility index (Phi) is 11.6. The number of nitrogens with two attached hydrogens (primary N) is 1. The number of carbonyl (C=O) groups excluding carboxylic acids is 2. The van der Waals surface area contributed by atoms with Crippen LogP contribution in [-0.2, 0) is 19.0 Å². The number of alkyl carbamates (subject to hydrolysis) is 1. The largest absolute Gasteiger partial charge is 0.467 e. The van der Waals surface area contributed by atoms with Gasteiger partial charge in [-0.05, 0) is 67.3 Å². The Bertz CT molecular complexity index is 515. The van der Waals surface area contributed by atoms with E-state index >= 15 is 0 Å². The standard InChI is InChI=1S/C19H37N3O5S/c1-18(2,3)26-12-14(16(23)25-7)21-15(28)13(10-8-9-11-20)22-17(24)27-19(4,5)6/h13-14H,8-12,20H2,1-7H3,(H,21,28)(H,22,24)/t13-,14-/m0/s1. The fraction of sp³-hybridized carbons (Fsp3) is 0.842. The lowest BCUT2D eigenvalue weighted by molar-refractivity contribution is -0.145. The highest BCUT2D eigenvalue weighted by Crippen LogP contribution is 2.11. The maximum Gasteiger partial charge on any atom is 0.408 e. The van der Waals surface area contributed by atoms with E-state index in [0.29, 0.717) is 18.0 Å². The molecule has 28 heavy (non-hydrogen) atoms. The van der Waals surface area contributed by atoms with Crippen LogP contribution >= 0.6 is 12.2 Å². The first-order valence-electron chi connectivity index (χ1n) is 9.51. The van der Waals surface area contributed by atoms with E-state index in [1.165, 1.54) is 7.11 Å². The van der Waals surface area contributed by atoms with Crippen molar-refractivity contribution >= 4 is 29.3 Å². The van der Waals surface area contributed by atoms with Crippen LogP contribution in [0.1, 0.15) is 60.8 Å². The van der Waals surface area contributed by atoms with E-state index in [4.69, 9.17) is 32.2 Å². The maximum absolute atomic E-state index is 12.2. The number of esters is 1. The normalized spacial score (nSPS) is 14.0. The van der Waals surface area contributed by atoms with Crippen LogP contribution in [0.5, 0.6) is 0 Å². The fourth-order valence-electron chi connectivity index (χ4n) is 2.13. The highest BCUT2D eigenvalue weighted by molar-refractivity contribution is 7.80. The molecule has 0 bridgehead atoms. The molecule has 0 aliphatic carbocycles. The summed E-state index contributed by atoms with van der Waals surface area (Å²) in [6.45, 7) is 11.6. The fourth-order valence-corrected chi connectivity index (χ4v) is 2.45. The Morgan fingerprint density at radius 1 is 1.00 bits per heavy atom. The molecule has 0 fully saturated rings. The number of ether oxygens (including phenoxy) is 3. The summed E-state index contributed by atoms with van der Waals surface area (Å²) in [7, 11) is 1.30. The highest BCUT2D eigenvalue weighted by atomic mass is 32.1. The van der Waals surface area contributed by atoms with Crippen LogP contribution in [0.15, 0.2) is 0 Å². The number of unbranched alkanes of at least 4 members (excludes halogenated alkanes) is 1. The summed E-state index contributed by atoms with van der Waals surface area (Å²) in [6, 6.07) is -1.28. The third-order valence-electron chi connectivity index (χ3n) is 3.44. The number of rotatable bonds is 10. The van der Waals surface area contributed by atoms with Crippen molar-refractivity contribution in [1.29, 1.82) is 0 Å². The summed E-state index contributed by atoms with van der Waals surface area (Å²) in [5.74, 6) is -0.496. The number of methoxy groups -OCH3 is 1. The molecule has 164 valence electrons. The molecule has 0 heterocycles. The SMILES string of the molecule is COC(=O)[C@H](COC(C)(C)C)NC(=S)[C@H](CCCCN)NC(=O)OC(C)(C)C. The van der Waals surface area contributed by atoms with Crippen molar-refractivity contribution in [3.05, 3.63) is 0 Å². The van der Waals surface area contributed by atoms with E-state index in [-0.39, 0.29) is 6.61 Å². The summed E-state index contributed by atoms with van der Waals surface area (Å²) in [4.78, 5) is 24.6. The van der Waals surface area contributed by atoms with Gasteiger partial charge in [0.1, 0.15) is 11.6 Å². The maximum atomic E-state index is 12.2. The molecule has 0 aromatic rings. The zero-order chi connectivity index (χ0) is 22.0. The number of hydrogen-bond acceptors (Lipinski definition) is 7. The minimum atomic E-state index is -0.783. The molecule has 0 radical (unpaired) electrons. The molecule has 0 aromatic carbocycles. The van der Waals surface area contributed by atoms with Gasteiger partial charge in [0, 0.05) is 0 Å². The molecular weight excluding hydrogens is 382 g/mol. The second-order valence-corrected chi connectivity index (χ2v) is 8.93. The second kappa shape index (κ2) is 12.2. The molecule has 2 atom stereocenters. The molecular formula is C19H37N3O5S. The molecule has 0 aliphatic heterocycles. The molecule has 4 N–H and O–H groups in total. The Morgan fingerprint density at radius 3 is 2.07 bits per heavy atom. The summed E-state index contributed by atoms with van der Waals surface area (Å²) in [5.41, 5.74) is 4.50. The number of nitrogens with one attached hydrogen (secondary N) is 2. The molecule has 0 unspecified atom stereocenters. The summed E-state index contributed by atoms with van der Waals surface area (Å²) < 4.78 is 15.8.